The number of hydrogen-bond acceptors (Lipinski definition) is 6. The van der Waals surface area contributed by atoms with E-state index in [1.807, 2.05) is 42.5 Å². The first kappa shape index (κ1) is 19.5. The number of carbonyl (C=O) groups is 1. The lowest BCUT2D eigenvalue weighted by Crippen LogP contribution is -2.16. The van der Waals surface area contributed by atoms with E-state index in [0.29, 0.717) is 52.0 Å². The third-order valence-corrected chi connectivity index (χ3v) is 4.90. The molecular weight excluding hydrogens is 378 g/mol. The van der Waals surface area contributed by atoms with Gasteiger partial charge in [-0.05, 0) is 29.7 Å². The van der Waals surface area contributed by atoms with Gasteiger partial charge in [0.25, 0.3) is 0 Å². The molecule has 0 saturated heterocycles. The first-order valence-electron chi connectivity index (χ1n) is 9.57. The molecule has 30 heavy (non-hydrogen) atoms. The molecule has 0 saturated carbocycles. The van der Waals surface area contributed by atoms with Crippen LogP contribution in [-0.4, -0.2) is 32.6 Å². The number of pyridine rings is 1. The molecule has 150 valence electrons. The van der Waals surface area contributed by atoms with Crippen LogP contribution < -0.4 is 11.5 Å². The smallest absolute Gasteiger partial charge is 0.249 e. The van der Waals surface area contributed by atoms with E-state index in [-0.39, 0.29) is 12.6 Å². The lowest BCUT2D eigenvalue weighted by atomic mass is 9.96. The molecule has 2 heterocycles. The Balaban J connectivity index is 1.88. The van der Waals surface area contributed by atoms with E-state index in [1.165, 1.54) is 0 Å². The van der Waals surface area contributed by atoms with Crippen molar-refractivity contribution in [3.63, 3.8) is 0 Å². The van der Waals surface area contributed by atoms with Crippen molar-refractivity contribution in [1.29, 1.82) is 0 Å². The van der Waals surface area contributed by atoms with Crippen LogP contribution in [0.4, 0.5) is 5.95 Å². The molecule has 0 aliphatic carbocycles. The van der Waals surface area contributed by atoms with Gasteiger partial charge >= 0.3 is 0 Å². The summed E-state index contributed by atoms with van der Waals surface area (Å²) in [6.45, 7) is -0.0801. The summed E-state index contributed by atoms with van der Waals surface area (Å²) in [6.07, 6.45) is 0.881. The SMILES string of the molecule is NC(=O)c1c(CCO)cccc1-c1ccc2nc(N)nc(Cc3ccccc3)c2n1. The Hall–Kier alpha value is -3.84. The maximum atomic E-state index is 12.2. The van der Waals surface area contributed by atoms with Crippen LogP contribution in [0.5, 0.6) is 0 Å². The van der Waals surface area contributed by atoms with Crippen molar-refractivity contribution in [2.75, 3.05) is 12.3 Å². The molecule has 0 spiro atoms. The van der Waals surface area contributed by atoms with Gasteiger partial charge in [0.15, 0.2) is 0 Å². The van der Waals surface area contributed by atoms with Crippen LogP contribution in [0, 0.1) is 0 Å². The highest BCUT2D eigenvalue weighted by molar-refractivity contribution is 6.01. The zero-order chi connectivity index (χ0) is 21.1. The maximum Gasteiger partial charge on any atom is 0.249 e. The number of aromatic nitrogens is 3. The van der Waals surface area contributed by atoms with E-state index >= 15 is 0 Å². The minimum Gasteiger partial charge on any atom is -0.396 e. The zero-order valence-corrected chi connectivity index (χ0v) is 16.2. The fourth-order valence-corrected chi connectivity index (χ4v) is 3.59. The second-order valence-corrected chi connectivity index (χ2v) is 6.93. The van der Waals surface area contributed by atoms with E-state index in [1.54, 1.807) is 18.2 Å². The van der Waals surface area contributed by atoms with Crippen molar-refractivity contribution in [2.24, 2.45) is 5.73 Å². The van der Waals surface area contributed by atoms with Gasteiger partial charge in [-0.15, -0.1) is 0 Å². The summed E-state index contributed by atoms with van der Waals surface area (Å²) in [4.78, 5) is 25.7. The molecule has 0 bridgehead atoms. The van der Waals surface area contributed by atoms with Gasteiger partial charge in [0.05, 0.1) is 22.5 Å². The molecule has 0 fully saturated rings. The van der Waals surface area contributed by atoms with E-state index in [2.05, 4.69) is 9.97 Å². The molecule has 7 nitrogen and oxygen atoms in total. The molecule has 5 N–H and O–H groups in total. The van der Waals surface area contributed by atoms with Crippen molar-refractivity contribution >= 4 is 22.9 Å². The number of nitrogen functional groups attached to an aromatic ring is 1. The Kier molecular flexibility index (Phi) is 5.36. The molecule has 2 aromatic carbocycles. The molecule has 0 unspecified atom stereocenters. The predicted molar refractivity (Wildman–Crippen MR) is 116 cm³/mol. The molecule has 4 aromatic rings. The molecule has 7 heteroatoms. The van der Waals surface area contributed by atoms with Crippen molar-refractivity contribution in [2.45, 2.75) is 12.8 Å². The number of benzene rings is 2. The predicted octanol–water partition coefficient (Wildman–Crippen LogP) is 2.50. The number of aliphatic hydroxyl groups excluding tert-OH is 1. The van der Waals surface area contributed by atoms with Gasteiger partial charge in [0, 0.05) is 18.6 Å². The van der Waals surface area contributed by atoms with Crippen LogP contribution >= 0.6 is 0 Å². The van der Waals surface area contributed by atoms with Gasteiger partial charge in [0.2, 0.25) is 11.9 Å². The molecule has 0 atom stereocenters. The topological polar surface area (TPSA) is 128 Å². The molecule has 0 radical (unpaired) electrons. The zero-order valence-electron chi connectivity index (χ0n) is 16.2. The minimum atomic E-state index is -0.561. The van der Waals surface area contributed by atoms with Crippen LogP contribution in [0.2, 0.25) is 0 Å². The van der Waals surface area contributed by atoms with E-state index < -0.39 is 5.91 Å². The van der Waals surface area contributed by atoms with Crippen molar-refractivity contribution in [1.82, 2.24) is 15.0 Å². The highest BCUT2D eigenvalue weighted by atomic mass is 16.3. The van der Waals surface area contributed by atoms with Gasteiger partial charge in [-0.1, -0.05) is 48.5 Å². The first-order chi connectivity index (χ1) is 14.6. The second-order valence-electron chi connectivity index (χ2n) is 6.93. The van der Waals surface area contributed by atoms with E-state index in [0.717, 1.165) is 5.56 Å². The number of nitrogens with zero attached hydrogens (tertiary/aromatic N) is 3. The summed E-state index contributed by atoms with van der Waals surface area (Å²) >= 11 is 0. The van der Waals surface area contributed by atoms with Crippen molar-refractivity contribution in [3.8, 4) is 11.3 Å². The standard InChI is InChI=1S/C23H21N5O2/c24-22(30)20-15(11-12-29)7-4-8-16(20)17-9-10-18-21(26-17)19(28-23(25)27-18)13-14-5-2-1-3-6-14/h1-10,29H,11-13H2,(H2,24,30)(H2,25,27,28). The fourth-order valence-electron chi connectivity index (χ4n) is 3.59. The van der Waals surface area contributed by atoms with Gasteiger partial charge in [-0.3, -0.25) is 4.79 Å². The van der Waals surface area contributed by atoms with Gasteiger partial charge in [0.1, 0.15) is 5.52 Å². The van der Waals surface area contributed by atoms with Gasteiger partial charge in [-0.25, -0.2) is 15.0 Å². The highest BCUT2D eigenvalue weighted by Gasteiger charge is 2.17. The quantitative estimate of drug-likeness (QED) is 0.457. The Morgan fingerprint density at radius 1 is 0.933 bits per heavy atom. The Morgan fingerprint density at radius 2 is 1.73 bits per heavy atom. The molecule has 0 aliphatic rings. The van der Waals surface area contributed by atoms with Crippen LogP contribution in [-0.2, 0) is 12.8 Å². The van der Waals surface area contributed by atoms with Crippen molar-refractivity contribution < 1.29 is 9.90 Å². The largest absolute Gasteiger partial charge is 0.396 e. The number of carbonyl (C=O) groups excluding carboxylic acids is 1. The van der Waals surface area contributed by atoms with Gasteiger partial charge < -0.3 is 16.6 Å². The summed E-state index contributed by atoms with van der Waals surface area (Å²) in [6, 6.07) is 18.9. The number of fused-ring (bicyclic) bond motifs is 1. The molecule has 2 aromatic heterocycles. The minimum absolute atomic E-state index is 0.0801. The highest BCUT2D eigenvalue weighted by Crippen LogP contribution is 2.28. The monoisotopic (exact) mass is 399 g/mol. The number of primary amides is 1. The Bertz CT molecular complexity index is 1230. The lowest BCUT2D eigenvalue weighted by Gasteiger charge is -2.13. The van der Waals surface area contributed by atoms with Crippen LogP contribution in [0.1, 0.15) is 27.2 Å². The molecule has 1 amide bonds. The number of amides is 1. The van der Waals surface area contributed by atoms with Crippen molar-refractivity contribution in [3.05, 3.63) is 83.0 Å². The average molecular weight is 399 g/mol. The van der Waals surface area contributed by atoms with E-state index in [9.17, 15) is 9.90 Å². The number of hydrogen-bond donors (Lipinski definition) is 3. The first-order valence-corrected chi connectivity index (χ1v) is 9.57. The summed E-state index contributed by atoms with van der Waals surface area (Å²) in [7, 11) is 0. The number of anilines is 1. The Morgan fingerprint density at radius 3 is 2.47 bits per heavy atom. The Labute approximate surface area is 173 Å². The normalized spacial score (nSPS) is 11.0. The number of aliphatic hydroxyl groups is 1. The van der Waals surface area contributed by atoms with Gasteiger partial charge in [-0.2, -0.15) is 0 Å². The third-order valence-electron chi connectivity index (χ3n) is 4.90. The second kappa shape index (κ2) is 8.26. The average Bonchev–Trinajstić information content (AvgIpc) is 2.74. The molecular formula is C23H21N5O2. The summed E-state index contributed by atoms with van der Waals surface area (Å²) < 4.78 is 0. The number of nitrogens with two attached hydrogens (primary N) is 2. The molecule has 0 aliphatic heterocycles. The fraction of sp³-hybridized carbons (Fsp3) is 0.130. The maximum absolute atomic E-state index is 12.2. The summed E-state index contributed by atoms with van der Waals surface area (Å²) in [5.41, 5.74) is 16.8. The third kappa shape index (κ3) is 3.83. The van der Waals surface area contributed by atoms with Crippen LogP contribution in [0.15, 0.2) is 60.7 Å². The lowest BCUT2D eigenvalue weighted by molar-refractivity contribution is 0.1000. The molecule has 4 rings (SSSR count). The van der Waals surface area contributed by atoms with Crippen LogP contribution in [0.3, 0.4) is 0 Å². The summed E-state index contributed by atoms with van der Waals surface area (Å²) in [5, 5.41) is 9.34. The van der Waals surface area contributed by atoms with Crippen LogP contribution in [0.25, 0.3) is 22.3 Å². The summed E-state index contributed by atoms with van der Waals surface area (Å²) in [5.74, 6) is -0.375. The number of rotatable bonds is 6. The van der Waals surface area contributed by atoms with E-state index in [4.69, 9.17) is 16.5 Å².